The highest BCUT2D eigenvalue weighted by molar-refractivity contribution is 6.31. The summed E-state index contributed by atoms with van der Waals surface area (Å²) < 4.78 is 6.25. The van der Waals surface area contributed by atoms with Gasteiger partial charge in [-0.1, -0.05) is 60.1 Å². The van der Waals surface area contributed by atoms with Gasteiger partial charge in [-0.3, -0.25) is 9.80 Å². The molecule has 0 unspecified atom stereocenters. The second kappa shape index (κ2) is 15.1. The number of hydrogen-bond donors (Lipinski definition) is 0. The van der Waals surface area contributed by atoms with E-state index in [1.807, 2.05) is 12.1 Å². The van der Waals surface area contributed by atoms with Gasteiger partial charge in [-0.2, -0.15) is 0 Å². The van der Waals surface area contributed by atoms with E-state index in [9.17, 15) is 0 Å². The number of benzene rings is 3. The van der Waals surface area contributed by atoms with Crippen molar-refractivity contribution in [2.75, 3.05) is 32.8 Å². The van der Waals surface area contributed by atoms with Crippen molar-refractivity contribution < 1.29 is 4.74 Å². The largest absolute Gasteiger partial charge is 0.494 e. The minimum atomic E-state index is 0. The molecule has 1 fully saturated rings. The summed E-state index contributed by atoms with van der Waals surface area (Å²) in [7, 11) is 0. The summed E-state index contributed by atoms with van der Waals surface area (Å²) in [6, 6.07) is 23.8. The maximum atomic E-state index is 6.35. The molecule has 0 saturated carbocycles. The minimum Gasteiger partial charge on any atom is -0.494 e. The molecule has 2 heterocycles. The average molecular weight is 576 g/mol. The fourth-order valence-electron chi connectivity index (χ4n) is 5.67. The maximum absolute atomic E-state index is 6.35. The Labute approximate surface area is 246 Å². The summed E-state index contributed by atoms with van der Waals surface area (Å²) in [5.74, 6) is 1.79. The second-order valence-electron chi connectivity index (χ2n) is 10.6. The lowest BCUT2D eigenvalue weighted by atomic mass is 9.93. The lowest BCUT2D eigenvalue weighted by molar-refractivity contribution is 0.157. The highest BCUT2D eigenvalue weighted by Gasteiger charge is 2.20. The van der Waals surface area contributed by atoms with Gasteiger partial charge in [-0.25, -0.2) is 0 Å². The number of hydrogen-bond acceptors (Lipinski definition) is 3. The van der Waals surface area contributed by atoms with Gasteiger partial charge in [0.2, 0.25) is 0 Å². The average Bonchev–Trinajstić information content (AvgIpc) is 3.10. The third-order valence-electron chi connectivity index (χ3n) is 8.08. The first-order chi connectivity index (χ1) is 17.6. The van der Waals surface area contributed by atoms with Gasteiger partial charge in [0.25, 0.3) is 0 Å². The molecule has 0 atom stereocenters. The summed E-state index contributed by atoms with van der Waals surface area (Å²) >= 11 is 6.35. The quantitative estimate of drug-likeness (QED) is 0.273. The number of aryl methyl sites for hydroxylation is 1. The standard InChI is InChI=1S/C32H39ClN2O.2ClH/c1-25-6-2-3-7-29(25)23-35-19-14-27-10-11-31(22-28(27)15-20-35)36-21-16-26-12-17-34(18-13-26)24-30-8-4-5-9-32(30)33;;/h2-11,22,26H,12-21,23-24H2,1H3;2*1H. The molecule has 0 spiro atoms. The van der Waals surface area contributed by atoms with E-state index in [1.54, 1.807) is 0 Å². The number of ether oxygens (including phenoxy) is 1. The van der Waals surface area contributed by atoms with Gasteiger partial charge in [0.15, 0.2) is 0 Å². The molecule has 206 valence electrons. The summed E-state index contributed by atoms with van der Waals surface area (Å²) in [4.78, 5) is 5.13. The first-order valence-electron chi connectivity index (χ1n) is 13.6. The van der Waals surface area contributed by atoms with Crippen LogP contribution in [0.4, 0.5) is 0 Å². The number of halogens is 3. The van der Waals surface area contributed by atoms with E-state index in [2.05, 4.69) is 71.3 Å². The van der Waals surface area contributed by atoms with Crippen LogP contribution in [0, 0.1) is 12.8 Å². The van der Waals surface area contributed by atoms with E-state index < -0.39 is 0 Å². The van der Waals surface area contributed by atoms with Crippen molar-refractivity contribution in [3.8, 4) is 5.75 Å². The molecule has 2 aliphatic rings. The Morgan fingerprint density at radius 2 is 1.39 bits per heavy atom. The normalized spacial score (nSPS) is 16.6. The molecule has 6 heteroatoms. The van der Waals surface area contributed by atoms with E-state index in [-0.39, 0.29) is 24.8 Å². The fourth-order valence-corrected chi connectivity index (χ4v) is 5.86. The number of fused-ring (bicyclic) bond motifs is 1. The molecule has 3 aromatic rings. The van der Waals surface area contributed by atoms with Gasteiger partial charge < -0.3 is 4.74 Å². The minimum absolute atomic E-state index is 0. The Morgan fingerprint density at radius 3 is 2.13 bits per heavy atom. The van der Waals surface area contributed by atoms with Crippen molar-refractivity contribution in [2.24, 2.45) is 5.92 Å². The Kier molecular flexibility index (Phi) is 12.3. The van der Waals surface area contributed by atoms with Crippen molar-refractivity contribution >= 4 is 36.4 Å². The Hall–Kier alpha value is -1.75. The third kappa shape index (κ3) is 8.37. The van der Waals surface area contributed by atoms with Crippen LogP contribution in [0.15, 0.2) is 66.7 Å². The molecule has 0 radical (unpaired) electrons. The van der Waals surface area contributed by atoms with E-state index in [0.29, 0.717) is 0 Å². The number of nitrogens with zero attached hydrogens (tertiary/aromatic N) is 2. The molecular weight excluding hydrogens is 535 g/mol. The Balaban J connectivity index is 0.00000200. The van der Waals surface area contributed by atoms with Crippen LogP contribution in [0.2, 0.25) is 5.02 Å². The summed E-state index contributed by atoms with van der Waals surface area (Å²) in [5.41, 5.74) is 7.03. The second-order valence-corrected chi connectivity index (χ2v) is 11.0. The van der Waals surface area contributed by atoms with Crippen LogP contribution in [0.3, 0.4) is 0 Å². The lowest BCUT2D eigenvalue weighted by Gasteiger charge is -2.32. The molecule has 0 bridgehead atoms. The van der Waals surface area contributed by atoms with Crippen LogP contribution < -0.4 is 4.74 Å². The molecular formula is C32H41Cl3N2O. The predicted octanol–water partition coefficient (Wildman–Crippen LogP) is 7.77. The highest BCUT2D eigenvalue weighted by atomic mass is 35.5. The van der Waals surface area contributed by atoms with Crippen molar-refractivity contribution in [1.29, 1.82) is 0 Å². The zero-order valence-corrected chi connectivity index (χ0v) is 24.8. The van der Waals surface area contributed by atoms with E-state index in [0.717, 1.165) is 81.8 Å². The molecule has 5 rings (SSSR count). The van der Waals surface area contributed by atoms with E-state index in [4.69, 9.17) is 16.3 Å². The van der Waals surface area contributed by atoms with Gasteiger partial charge >= 0.3 is 0 Å². The van der Waals surface area contributed by atoms with Crippen LogP contribution >= 0.6 is 36.4 Å². The summed E-state index contributed by atoms with van der Waals surface area (Å²) in [6.07, 6.45) is 5.85. The predicted molar refractivity (Wildman–Crippen MR) is 164 cm³/mol. The van der Waals surface area contributed by atoms with Crippen molar-refractivity contribution in [3.63, 3.8) is 0 Å². The van der Waals surface area contributed by atoms with Crippen LogP contribution in [0.25, 0.3) is 0 Å². The van der Waals surface area contributed by atoms with Crippen LogP contribution in [0.5, 0.6) is 5.75 Å². The first kappa shape index (κ1) is 30.8. The van der Waals surface area contributed by atoms with Gasteiger partial charge in [-0.15, -0.1) is 24.8 Å². The fraction of sp³-hybridized carbons (Fsp3) is 0.438. The van der Waals surface area contributed by atoms with Crippen molar-refractivity contribution in [1.82, 2.24) is 9.80 Å². The zero-order chi connectivity index (χ0) is 24.7. The van der Waals surface area contributed by atoms with Gasteiger partial charge in [0, 0.05) is 31.2 Å². The van der Waals surface area contributed by atoms with Gasteiger partial charge in [-0.05, 0) is 104 Å². The topological polar surface area (TPSA) is 15.7 Å². The molecule has 0 amide bonds. The smallest absolute Gasteiger partial charge is 0.119 e. The van der Waals surface area contributed by atoms with E-state index >= 15 is 0 Å². The Bertz CT molecular complexity index is 1150. The summed E-state index contributed by atoms with van der Waals surface area (Å²) in [5, 5.41) is 0.882. The molecule has 3 aromatic carbocycles. The first-order valence-corrected chi connectivity index (χ1v) is 14.0. The molecule has 2 aliphatic heterocycles. The Morgan fingerprint density at radius 1 is 0.763 bits per heavy atom. The SMILES string of the molecule is Cc1ccccc1CN1CCc2ccc(OCCC3CCN(Cc4ccccc4Cl)CC3)cc2CC1.Cl.Cl. The van der Waals surface area contributed by atoms with Crippen LogP contribution in [0.1, 0.15) is 47.1 Å². The number of piperidine rings is 1. The lowest BCUT2D eigenvalue weighted by Crippen LogP contribution is -2.33. The molecule has 0 aromatic heterocycles. The number of rotatable bonds is 8. The molecule has 0 N–H and O–H groups in total. The molecule has 1 saturated heterocycles. The molecule has 0 aliphatic carbocycles. The highest BCUT2D eigenvalue weighted by Crippen LogP contribution is 2.26. The third-order valence-corrected chi connectivity index (χ3v) is 8.45. The zero-order valence-electron chi connectivity index (χ0n) is 22.4. The van der Waals surface area contributed by atoms with Crippen molar-refractivity contribution in [2.45, 2.75) is 52.1 Å². The summed E-state index contributed by atoms with van der Waals surface area (Å²) in [6.45, 7) is 9.56. The van der Waals surface area contributed by atoms with Gasteiger partial charge in [0.1, 0.15) is 5.75 Å². The maximum Gasteiger partial charge on any atom is 0.119 e. The molecule has 3 nitrogen and oxygen atoms in total. The number of likely N-dealkylation sites (tertiary alicyclic amines) is 1. The van der Waals surface area contributed by atoms with Crippen molar-refractivity contribution in [3.05, 3.63) is 99.6 Å². The van der Waals surface area contributed by atoms with Crippen LogP contribution in [-0.2, 0) is 25.9 Å². The van der Waals surface area contributed by atoms with Crippen LogP contribution in [-0.4, -0.2) is 42.6 Å². The van der Waals surface area contributed by atoms with E-state index in [1.165, 1.54) is 40.7 Å². The monoisotopic (exact) mass is 574 g/mol. The molecule has 38 heavy (non-hydrogen) atoms. The van der Waals surface area contributed by atoms with Gasteiger partial charge in [0.05, 0.1) is 6.61 Å².